The van der Waals surface area contributed by atoms with E-state index >= 15 is 0 Å². The lowest BCUT2D eigenvalue weighted by atomic mass is 9.99. The van der Waals surface area contributed by atoms with Gasteiger partial charge in [0.2, 0.25) is 0 Å². The van der Waals surface area contributed by atoms with Crippen molar-refractivity contribution in [3.63, 3.8) is 0 Å². The van der Waals surface area contributed by atoms with Gasteiger partial charge in [0.05, 0.1) is 11.6 Å². The molecular weight excluding hydrogens is 279 g/mol. The van der Waals surface area contributed by atoms with E-state index in [1.807, 2.05) is 19.1 Å². The summed E-state index contributed by atoms with van der Waals surface area (Å²) < 4.78 is 37.6. The first kappa shape index (κ1) is 15.5. The van der Waals surface area contributed by atoms with Crippen LogP contribution < -0.4 is 11.3 Å². The summed E-state index contributed by atoms with van der Waals surface area (Å²) in [5.41, 5.74) is 4.63. The van der Waals surface area contributed by atoms with Gasteiger partial charge in [-0.1, -0.05) is 12.1 Å². The van der Waals surface area contributed by atoms with Gasteiger partial charge in [0, 0.05) is 11.9 Å². The highest BCUT2D eigenvalue weighted by atomic mass is 19.4. The van der Waals surface area contributed by atoms with Crippen molar-refractivity contribution < 1.29 is 13.2 Å². The van der Waals surface area contributed by atoms with Crippen molar-refractivity contribution in [1.82, 2.24) is 10.4 Å². The van der Waals surface area contributed by atoms with Crippen molar-refractivity contribution in [1.29, 1.82) is 0 Å². The van der Waals surface area contributed by atoms with Gasteiger partial charge in [0.15, 0.2) is 0 Å². The van der Waals surface area contributed by atoms with Crippen molar-refractivity contribution >= 4 is 0 Å². The average Bonchev–Trinajstić information content (AvgIpc) is 2.44. The smallest absolute Gasteiger partial charge is 0.271 e. The van der Waals surface area contributed by atoms with Crippen molar-refractivity contribution in [3.05, 3.63) is 65.0 Å². The molecule has 21 heavy (non-hydrogen) atoms. The number of nitrogens with one attached hydrogen (secondary N) is 1. The van der Waals surface area contributed by atoms with Crippen LogP contribution in [0.3, 0.4) is 0 Å². The van der Waals surface area contributed by atoms with E-state index in [-0.39, 0.29) is 6.04 Å². The Morgan fingerprint density at radius 1 is 1.19 bits per heavy atom. The largest absolute Gasteiger partial charge is 0.416 e. The zero-order valence-electron chi connectivity index (χ0n) is 11.5. The standard InChI is InChI=1S/C15H16F3N3/c1-10-8-12(6-7-20-10)14(21-19)9-11-2-4-13(5-3-11)15(16,17)18/h2-8,14,21H,9,19H2,1H3. The SMILES string of the molecule is Cc1cc(C(Cc2ccc(C(F)(F)F)cc2)NN)ccn1. The summed E-state index contributed by atoms with van der Waals surface area (Å²) in [5.74, 6) is 5.55. The number of nitrogens with two attached hydrogens (primary N) is 1. The molecule has 0 fully saturated rings. The molecule has 1 unspecified atom stereocenters. The molecule has 0 aliphatic heterocycles. The average molecular weight is 295 g/mol. The molecular formula is C15H16F3N3. The molecule has 6 heteroatoms. The number of hydrogen-bond donors (Lipinski definition) is 2. The van der Waals surface area contributed by atoms with Gasteiger partial charge >= 0.3 is 6.18 Å². The second kappa shape index (κ2) is 6.24. The minimum Gasteiger partial charge on any atom is -0.271 e. The van der Waals surface area contributed by atoms with E-state index in [9.17, 15) is 13.2 Å². The molecule has 1 atom stereocenters. The van der Waals surface area contributed by atoms with E-state index in [0.717, 1.165) is 29.0 Å². The molecule has 1 heterocycles. The van der Waals surface area contributed by atoms with Gasteiger partial charge < -0.3 is 0 Å². The Kier molecular flexibility index (Phi) is 4.59. The lowest BCUT2D eigenvalue weighted by Crippen LogP contribution is -2.29. The molecule has 0 aliphatic carbocycles. The van der Waals surface area contributed by atoms with Crippen LogP contribution in [0.5, 0.6) is 0 Å². The highest BCUT2D eigenvalue weighted by Gasteiger charge is 2.30. The van der Waals surface area contributed by atoms with E-state index in [1.165, 1.54) is 12.1 Å². The number of alkyl halides is 3. The third-order valence-electron chi connectivity index (χ3n) is 3.25. The van der Waals surface area contributed by atoms with Gasteiger partial charge in [-0.25, -0.2) is 0 Å². The second-order valence-corrected chi connectivity index (χ2v) is 4.85. The van der Waals surface area contributed by atoms with Crippen LogP contribution in [0.25, 0.3) is 0 Å². The van der Waals surface area contributed by atoms with Crippen molar-refractivity contribution in [3.8, 4) is 0 Å². The second-order valence-electron chi connectivity index (χ2n) is 4.85. The lowest BCUT2D eigenvalue weighted by molar-refractivity contribution is -0.137. The molecule has 0 saturated heterocycles. The van der Waals surface area contributed by atoms with Gasteiger partial charge in [-0.05, 0) is 48.7 Å². The Balaban J connectivity index is 2.15. The first-order valence-corrected chi connectivity index (χ1v) is 6.45. The van der Waals surface area contributed by atoms with Crippen LogP contribution in [0.1, 0.15) is 28.4 Å². The fourth-order valence-electron chi connectivity index (χ4n) is 2.12. The predicted octanol–water partition coefficient (Wildman–Crippen LogP) is 3.16. The summed E-state index contributed by atoms with van der Waals surface area (Å²) in [6, 6.07) is 8.67. The Hall–Kier alpha value is -1.92. The van der Waals surface area contributed by atoms with Crippen LogP contribution >= 0.6 is 0 Å². The fraction of sp³-hybridized carbons (Fsp3) is 0.267. The maximum absolute atomic E-state index is 12.5. The van der Waals surface area contributed by atoms with Crippen LogP contribution in [-0.2, 0) is 12.6 Å². The third-order valence-corrected chi connectivity index (χ3v) is 3.25. The van der Waals surface area contributed by atoms with Gasteiger partial charge in [-0.15, -0.1) is 0 Å². The number of benzene rings is 1. The number of aryl methyl sites for hydroxylation is 1. The zero-order valence-corrected chi connectivity index (χ0v) is 11.5. The Bertz CT molecular complexity index is 594. The number of hydrogen-bond acceptors (Lipinski definition) is 3. The Morgan fingerprint density at radius 2 is 1.86 bits per heavy atom. The minimum atomic E-state index is -4.31. The van der Waals surface area contributed by atoms with Crippen LogP contribution in [0.2, 0.25) is 0 Å². The lowest BCUT2D eigenvalue weighted by Gasteiger charge is -2.17. The van der Waals surface area contributed by atoms with E-state index in [1.54, 1.807) is 6.20 Å². The molecule has 3 N–H and O–H groups in total. The predicted molar refractivity (Wildman–Crippen MR) is 74.2 cm³/mol. The molecule has 0 aliphatic rings. The summed E-state index contributed by atoms with van der Waals surface area (Å²) in [7, 11) is 0. The van der Waals surface area contributed by atoms with Crippen molar-refractivity contribution in [2.24, 2.45) is 5.84 Å². The summed E-state index contributed by atoms with van der Waals surface area (Å²) in [5, 5.41) is 0. The van der Waals surface area contributed by atoms with E-state index < -0.39 is 11.7 Å². The van der Waals surface area contributed by atoms with E-state index in [0.29, 0.717) is 6.42 Å². The molecule has 0 radical (unpaired) electrons. The first-order chi connectivity index (χ1) is 9.90. The van der Waals surface area contributed by atoms with Crippen LogP contribution in [0, 0.1) is 6.92 Å². The molecule has 1 aromatic carbocycles. The third kappa shape index (κ3) is 4.03. The first-order valence-electron chi connectivity index (χ1n) is 6.45. The molecule has 0 bridgehead atoms. The monoisotopic (exact) mass is 295 g/mol. The summed E-state index contributed by atoms with van der Waals surface area (Å²) >= 11 is 0. The molecule has 0 spiro atoms. The van der Waals surface area contributed by atoms with E-state index in [4.69, 9.17) is 5.84 Å². The van der Waals surface area contributed by atoms with Crippen LogP contribution in [-0.4, -0.2) is 4.98 Å². The highest BCUT2D eigenvalue weighted by molar-refractivity contribution is 5.27. The fourth-order valence-corrected chi connectivity index (χ4v) is 2.12. The molecule has 0 saturated carbocycles. The number of rotatable bonds is 4. The highest BCUT2D eigenvalue weighted by Crippen LogP contribution is 2.29. The number of nitrogens with zero attached hydrogens (tertiary/aromatic N) is 1. The number of halogens is 3. The van der Waals surface area contributed by atoms with Gasteiger partial charge in [-0.3, -0.25) is 16.3 Å². The quantitative estimate of drug-likeness (QED) is 0.673. The Labute approximate surface area is 121 Å². The molecule has 112 valence electrons. The summed E-state index contributed by atoms with van der Waals surface area (Å²) in [6.45, 7) is 1.87. The minimum absolute atomic E-state index is 0.177. The normalized spacial score (nSPS) is 13.2. The molecule has 1 aromatic heterocycles. The maximum Gasteiger partial charge on any atom is 0.416 e. The van der Waals surface area contributed by atoms with Crippen LogP contribution in [0.15, 0.2) is 42.6 Å². The topological polar surface area (TPSA) is 50.9 Å². The molecule has 2 aromatic rings. The molecule has 0 amide bonds. The zero-order chi connectivity index (χ0) is 15.5. The summed E-state index contributed by atoms with van der Waals surface area (Å²) in [4.78, 5) is 4.11. The number of pyridine rings is 1. The van der Waals surface area contributed by atoms with Crippen molar-refractivity contribution in [2.75, 3.05) is 0 Å². The van der Waals surface area contributed by atoms with Crippen LogP contribution in [0.4, 0.5) is 13.2 Å². The number of aromatic nitrogens is 1. The summed E-state index contributed by atoms with van der Waals surface area (Å²) in [6.07, 6.45) is -2.13. The van der Waals surface area contributed by atoms with Gasteiger partial charge in [0.1, 0.15) is 0 Å². The molecule has 2 rings (SSSR count). The van der Waals surface area contributed by atoms with E-state index in [2.05, 4.69) is 10.4 Å². The maximum atomic E-state index is 12.5. The number of hydrazine groups is 1. The van der Waals surface area contributed by atoms with Crippen molar-refractivity contribution in [2.45, 2.75) is 25.6 Å². The molecule has 3 nitrogen and oxygen atoms in total. The van der Waals surface area contributed by atoms with Gasteiger partial charge in [-0.2, -0.15) is 13.2 Å². The Morgan fingerprint density at radius 3 is 2.38 bits per heavy atom. The van der Waals surface area contributed by atoms with Gasteiger partial charge in [0.25, 0.3) is 0 Å².